The van der Waals surface area contributed by atoms with Crippen molar-refractivity contribution in [2.75, 3.05) is 11.9 Å². The molecular weight excluding hydrogens is 262 g/mol. The van der Waals surface area contributed by atoms with E-state index in [0.717, 1.165) is 10.1 Å². The fourth-order valence-electron chi connectivity index (χ4n) is 1.75. The van der Waals surface area contributed by atoms with E-state index < -0.39 is 5.97 Å². The van der Waals surface area contributed by atoms with Crippen molar-refractivity contribution in [1.82, 2.24) is 0 Å². The van der Waals surface area contributed by atoms with Gasteiger partial charge in [-0.25, -0.2) is 4.79 Å². The van der Waals surface area contributed by atoms with Crippen LogP contribution in [0.25, 0.3) is 10.1 Å². The van der Waals surface area contributed by atoms with Gasteiger partial charge in [-0.3, -0.25) is 4.79 Å². The standard InChI is InChI=1S/C14H15NO3S/c1-3-11(16)15-13-12(14(17)18-4-2)9-7-5-6-8-10(9)19-13/h5-8H,3-4H2,1-2H3,(H,15,16). The first-order valence-electron chi connectivity index (χ1n) is 6.15. The summed E-state index contributed by atoms with van der Waals surface area (Å²) in [5, 5.41) is 4.15. The number of rotatable bonds is 4. The molecule has 2 rings (SSSR count). The highest BCUT2D eigenvalue weighted by Gasteiger charge is 2.20. The van der Waals surface area contributed by atoms with Gasteiger partial charge in [-0.2, -0.15) is 0 Å². The van der Waals surface area contributed by atoms with Gasteiger partial charge in [0.25, 0.3) is 0 Å². The summed E-state index contributed by atoms with van der Waals surface area (Å²) in [5.74, 6) is -0.511. The van der Waals surface area contributed by atoms with Crippen molar-refractivity contribution in [3.05, 3.63) is 29.8 Å². The van der Waals surface area contributed by atoms with Gasteiger partial charge < -0.3 is 10.1 Å². The number of esters is 1. The Morgan fingerprint density at radius 3 is 2.68 bits per heavy atom. The molecule has 0 aliphatic heterocycles. The summed E-state index contributed by atoms with van der Waals surface area (Å²) in [4.78, 5) is 23.6. The van der Waals surface area contributed by atoms with E-state index in [1.807, 2.05) is 24.3 Å². The number of amides is 1. The van der Waals surface area contributed by atoms with E-state index in [1.165, 1.54) is 11.3 Å². The minimum atomic E-state index is -0.397. The third-order valence-electron chi connectivity index (χ3n) is 2.65. The molecule has 0 fully saturated rings. The molecule has 0 radical (unpaired) electrons. The third-order valence-corrected chi connectivity index (χ3v) is 3.74. The fourth-order valence-corrected chi connectivity index (χ4v) is 2.86. The Kier molecular flexibility index (Phi) is 4.16. The number of benzene rings is 1. The summed E-state index contributed by atoms with van der Waals surface area (Å²) in [7, 11) is 0. The molecule has 100 valence electrons. The quantitative estimate of drug-likeness (QED) is 0.871. The average Bonchev–Trinajstić information content (AvgIpc) is 2.76. The lowest BCUT2D eigenvalue weighted by Gasteiger charge is -2.05. The van der Waals surface area contributed by atoms with Crippen molar-refractivity contribution >= 4 is 38.3 Å². The SMILES string of the molecule is CCOC(=O)c1c(NC(=O)CC)sc2ccccc12. The summed E-state index contributed by atoms with van der Waals surface area (Å²) in [6, 6.07) is 7.55. The minimum Gasteiger partial charge on any atom is -0.462 e. The second-order valence-corrected chi connectivity index (χ2v) is 4.98. The van der Waals surface area contributed by atoms with Crippen LogP contribution < -0.4 is 5.32 Å². The Labute approximate surface area is 115 Å². The van der Waals surface area contributed by atoms with Gasteiger partial charge in [-0.1, -0.05) is 25.1 Å². The van der Waals surface area contributed by atoms with E-state index in [-0.39, 0.29) is 5.91 Å². The van der Waals surface area contributed by atoms with Gasteiger partial charge >= 0.3 is 5.97 Å². The van der Waals surface area contributed by atoms with Crippen LogP contribution in [0, 0.1) is 0 Å². The zero-order valence-corrected chi connectivity index (χ0v) is 11.7. The molecule has 5 heteroatoms. The summed E-state index contributed by atoms with van der Waals surface area (Å²) in [5.41, 5.74) is 0.448. The molecule has 0 atom stereocenters. The van der Waals surface area contributed by atoms with E-state index >= 15 is 0 Å². The van der Waals surface area contributed by atoms with Crippen LogP contribution in [0.5, 0.6) is 0 Å². The highest BCUT2D eigenvalue weighted by atomic mass is 32.1. The van der Waals surface area contributed by atoms with Crippen molar-refractivity contribution in [2.24, 2.45) is 0 Å². The molecule has 1 heterocycles. The maximum Gasteiger partial charge on any atom is 0.341 e. The third kappa shape index (κ3) is 2.76. The van der Waals surface area contributed by atoms with Gasteiger partial charge in [-0.05, 0) is 13.0 Å². The van der Waals surface area contributed by atoms with E-state index in [0.29, 0.717) is 23.6 Å². The first kappa shape index (κ1) is 13.5. The van der Waals surface area contributed by atoms with Crippen LogP contribution in [0.3, 0.4) is 0 Å². The largest absolute Gasteiger partial charge is 0.462 e. The number of fused-ring (bicyclic) bond motifs is 1. The number of hydrogen-bond donors (Lipinski definition) is 1. The summed E-state index contributed by atoms with van der Waals surface area (Å²) in [6.07, 6.45) is 0.372. The maximum absolute atomic E-state index is 12.0. The molecule has 1 N–H and O–H groups in total. The number of nitrogens with one attached hydrogen (secondary N) is 1. The molecule has 0 aliphatic carbocycles. The number of hydrogen-bond acceptors (Lipinski definition) is 4. The summed E-state index contributed by atoms with van der Waals surface area (Å²) >= 11 is 1.39. The zero-order valence-electron chi connectivity index (χ0n) is 10.9. The predicted molar refractivity (Wildman–Crippen MR) is 76.7 cm³/mol. The highest BCUT2D eigenvalue weighted by Crippen LogP contribution is 2.36. The normalized spacial score (nSPS) is 10.4. The second kappa shape index (κ2) is 5.84. The summed E-state index contributed by atoms with van der Waals surface area (Å²) < 4.78 is 6.02. The minimum absolute atomic E-state index is 0.114. The molecule has 4 nitrogen and oxygen atoms in total. The van der Waals surface area contributed by atoms with Crippen LogP contribution in [0.4, 0.5) is 5.00 Å². The first-order chi connectivity index (χ1) is 9.17. The zero-order chi connectivity index (χ0) is 13.8. The first-order valence-corrected chi connectivity index (χ1v) is 6.97. The number of thiophene rings is 1. The molecule has 19 heavy (non-hydrogen) atoms. The van der Waals surface area contributed by atoms with E-state index in [2.05, 4.69) is 5.32 Å². The molecule has 0 bridgehead atoms. The number of anilines is 1. The summed E-state index contributed by atoms with van der Waals surface area (Å²) in [6.45, 7) is 3.84. The van der Waals surface area contributed by atoms with E-state index in [9.17, 15) is 9.59 Å². The van der Waals surface area contributed by atoms with Crippen molar-refractivity contribution in [2.45, 2.75) is 20.3 Å². The van der Waals surface area contributed by atoms with Crippen LogP contribution in [-0.4, -0.2) is 18.5 Å². The molecule has 1 aromatic carbocycles. The molecule has 0 spiro atoms. The van der Waals surface area contributed by atoms with Gasteiger partial charge in [0.05, 0.1) is 6.61 Å². The lowest BCUT2D eigenvalue weighted by molar-refractivity contribution is -0.115. The predicted octanol–water partition coefficient (Wildman–Crippen LogP) is 3.43. The molecular formula is C14H15NO3S. The van der Waals surface area contributed by atoms with Crippen molar-refractivity contribution in [3.63, 3.8) is 0 Å². The lowest BCUT2D eigenvalue weighted by Crippen LogP contribution is -2.12. The Balaban J connectivity index is 2.51. The van der Waals surface area contributed by atoms with Crippen LogP contribution in [0.1, 0.15) is 30.6 Å². The van der Waals surface area contributed by atoms with Gasteiger partial charge in [0, 0.05) is 16.5 Å². The highest BCUT2D eigenvalue weighted by molar-refractivity contribution is 7.23. The Hall–Kier alpha value is -1.88. The smallest absolute Gasteiger partial charge is 0.341 e. The van der Waals surface area contributed by atoms with Crippen LogP contribution in [0.15, 0.2) is 24.3 Å². The molecule has 0 aliphatic rings. The topological polar surface area (TPSA) is 55.4 Å². The van der Waals surface area contributed by atoms with Crippen molar-refractivity contribution < 1.29 is 14.3 Å². The van der Waals surface area contributed by atoms with Crippen molar-refractivity contribution in [1.29, 1.82) is 0 Å². The van der Waals surface area contributed by atoms with Gasteiger partial charge in [0.15, 0.2) is 0 Å². The molecule has 0 unspecified atom stereocenters. The Bertz CT molecular complexity index is 618. The van der Waals surface area contributed by atoms with E-state index in [1.54, 1.807) is 13.8 Å². The monoisotopic (exact) mass is 277 g/mol. The molecule has 1 amide bonds. The Morgan fingerprint density at radius 1 is 1.26 bits per heavy atom. The van der Waals surface area contributed by atoms with Crippen LogP contribution in [-0.2, 0) is 9.53 Å². The van der Waals surface area contributed by atoms with E-state index in [4.69, 9.17) is 4.74 Å². The molecule has 0 saturated heterocycles. The van der Waals surface area contributed by atoms with Crippen LogP contribution >= 0.6 is 11.3 Å². The number of carbonyl (C=O) groups excluding carboxylic acids is 2. The second-order valence-electron chi connectivity index (χ2n) is 3.92. The fraction of sp³-hybridized carbons (Fsp3) is 0.286. The Morgan fingerprint density at radius 2 is 2.00 bits per heavy atom. The van der Waals surface area contributed by atoms with Crippen molar-refractivity contribution in [3.8, 4) is 0 Å². The van der Waals surface area contributed by atoms with Gasteiger partial charge in [0.1, 0.15) is 10.6 Å². The lowest BCUT2D eigenvalue weighted by atomic mass is 10.1. The molecule has 0 saturated carbocycles. The number of carbonyl (C=O) groups is 2. The van der Waals surface area contributed by atoms with Crippen LogP contribution in [0.2, 0.25) is 0 Å². The average molecular weight is 277 g/mol. The number of ether oxygens (including phenoxy) is 1. The molecule has 2 aromatic rings. The van der Waals surface area contributed by atoms with Gasteiger partial charge in [0.2, 0.25) is 5.91 Å². The molecule has 1 aromatic heterocycles. The maximum atomic E-state index is 12.0. The van der Waals surface area contributed by atoms with Gasteiger partial charge in [-0.15, -0.1) is 11.3 Å².